The van der Waals surface area contributed by atoms with Gasteiger partial charge in [-0.2, -0.15) is 5.10 Å². The number of nitrogens with one attached hydrogen (secondary N) is 2. The summed E-state index contributed by atoms with van der Waals surface area (Å²) in [6, 6.07) is 11.0. The number of anilines is 1. The van der Waals surface area contributed by atoms with Crippen LogP contribution in [-0.4, -0.2) is 32.2 Å². The molecule has 2 aromatic carbocycles. The maximum atomic E-state index is 6.21. The number of para-hydroxylation sites is 2. The zero-order chi connectivity index (χ0) is 18.9. The standard InChI is InChI=1S/C18H20ClN3O3S/c1-4-25-16-10-12(9-13(19)17(16)24-3)11-20-22-18(26)21-14-7-5-6-8-15(14)23-2/h5-11H,4H2,1-3H3,(H2,21,22,26)/b20-11-. The predicted molar refractivity (Wildman–Crippen MR) is 109 cm³/mol. The molecule has 0 bridgehead atoms. The highest BCUT2D eigenvalue weighted by molar-refractivity contribution is 7.80. The van der Waals surface area contributed by atoms with Gasteiger partial charge in [-0.25, -0.2) is 0 Å². The van der Waals surface area contributed by atoms with Crippen LogP contribution in [0.15, 0.2) is 41.5 Å². The molecule has 8 heteroatoms. The quantitative estimate of drug-likeness (QED) is 0.420. The second-order valence-electron chi connectivity index (χ2n) is 4.99. The highest BCUT2D eigenvalue weighted by Crippen LogP contribution is 2.35. The van der Waals surface area contributed by atoms with Gasteiger partial charge in [0.25, 0.3) is 0 Å². The third-order valence-corrected chi connectivity index (χ3v) is 3.74. The van der Waals surface area contributed by atoms with Gasteiger partial charge in [0.15, 0.2) is 16.6 Å². The highest BCUT2D eigenvalue weighted by atomic mass is 35.5. The summed E-state index contributed by atoms with van der Waals surface area (Å²) in [7, 11) is 3.14. The van der Waals surface area contributed by atoms with Crippen molar-refractivity contribution in [3.8, 4) is 17.2 Å². The number of hydrazone groups is 1. The molecule has 0 atom stereocenters. The van der Waals surface area contributed by atoms with E-state index in [2.05, 4.69) is 15.8 Å². The maximum absolute atomic E-state index is 6.21. The van der Waals surface area contributed by atoms with Crippen molar-refractivity contribution < 1.29 is 14.2 Å². The van der Waals surface area contributed by atoms with Crippen LogP contribution in [0.25, 0.3) is 0 Å². The number of nitrogens with zero attached hydrogens (tertiary/aromatic N) is 1. The average molecular weight is 394 g/mol. The van der Waals surface area contributed by atoms with Gasteiger partial charge in [-0.15, -0.1) is 0 Å². The van der Waals surface area contributed by atoms with E-state index in [4.69, 9.17) is 38.0 Å². The number of halogens is 1. The first-order valence-electron chi connectivity index (χ1n) is 7.82. The van der Waals surface area contributed by atoms with Crippen LogP contribution >= 0.6 is 23.8 Å². The zero-order valence-corrected chi connectivity index (χ0v) is 16.3. The fraction of sp³-hybridized carbons (Fsp3) is 0.222. The molecule has 6 nitrogen and oxygen atoms in total. The van der Waals surface area contributed by atoms with Crippen LogP contribution < -0.4 is 25.0 Å². The van der Waals surface area contributed by atoms with Gasteiger partial charge < -0.3 is 19.5 Å². The summed E-state index contributed by atoms with van der Waals surface area (Å²) < 4.78 is 16.1. The minimum Gasteiger partial charge on any atom is -0.495 e. The van der Waals surface area contributed by atoms with Crippen LogP contribution in [0.5, 0.6) is 17.2 Å². The van der Waals surface area contributed by atoms with Crippen molar-refractivity contribution >= 4 is 40.8 Å². The zero-order valence-electron chi connectivity index (χ0n) is 14.7. The lowest BCUT2D eigenvalue weighted by molar-refractivity contribution is 0.311. The number of benzene rings is 2. The van der Waals surface area contributed by atoms with E-state index in [1.165, 1.54) is 0 Å². The molecule has 2 N–H and O–H groups in total. The van der Waals surface area contributed by atoms with Gasteiger partial charge in [0, 0.05) is 0 Å². The molecule has 0 aliphatic rings. The van der Waals surface area contributed by atoms with Gasteiger partial charge in [-0.3, -0.25) is 5.43 Å². The maximum Gasteiger partial charge on any atom is 0.191 e. The number of ether oxygens (including phenoxy) is 3. The molecule has 0 saturated heterocycles. The molecule has 0 saturated carbocycles. The Hall–Kier alpha value is -2.51. The van der Waals surface area contributed by atoms with Gasteiger partial charge in [0.1, 0.15) is 5.75 Å². The monoisotopic (exact) mass is 393 g/mol. The van der Waals surface area contributed by atoms with E-state index in [9.17, 15) is 0 Å². The summed E-state index contributed by atoms with van der Waals surface area (Å²) >= 11 is 11.4. The predicted octanol–water partition coefficient (Wildman–Crippen LogP) is 4.08. The molecular weight excluding hydrogens is 374 g/mol. The molecule has 138 valence electrons. The van der Waals surface area contributed by atoms with Gasteiger partial charge in [0.2, 0.25) is 0 Å². The Balaban J connectivity index is 2.04. The first-order valence-corrected chi connectivity index (χ1v) is 8.61. The van der Waals surface area contributed by atoms with Crippen LogP contribution in [0.4, 0.5) is 5.69 Å². The Bertz CT molecular complexity index is 799. The topological polar surface area (TPSA) is 64.1 Å². The number of hydrogen-bond donors (Lipinski definition) is 2. The van der Waals surface area contributed by atoms with Crippen molar-refractivity contribution in [3.63, 3.8) is 0 Å². The summed E-state index contributed by atoms with van der Waals surface area (Å²) in [4.78, 5) is 0. The van der Waals surface area contributed by atoms with Crippen molar-refractivity contribution in [2.75, 3.05) is 26.1 Å². The van der Waals surface area contributed by atoms with Crippen molar-refractivity contribution in [2.24, 2.45) is 5.10 Å². The summed E-state index contributed by atoms with van der Waals surface area (Å²) in [5.74, 6) is 1.73. The van der Waals surface area contributed by atoms with E-state index in [-0.39, 0.29) is 0 Å². The molecule has 2 rings (SSSR count). The molecule has 0 amide bonds. The Morgan fingerprint density at radius 2 is 1.96 bits per heavy atom. The lowest BCUT2D eigenvalue weighted by Crippen LogP contribution is -2.24. The molecule has 0 spiro atoms. The van der Waals surface area contributed by atoms with E-state index < -0.39 is 0 Å². The second-order valence-corrected chi connectivity index (χ2v) is 5.81. The van der Waals surface area contributed by atoms with Crippen molar-refractivity contribution in [3.05, 3.63) is 47.0 Å². The van der Waals surface area contributed by atoms with E-state index in [0.717, 1.165) is 11.3 Å². The highest BCUT2D eigenvalue weighted by Gasteiger charge is 2.10. The van der Waals surface area contributed by atoms with Crippen molar-refractivity contribution in [1.82, 2.24) is 5.43 Å². The third-order valence-electron chi connectivity index (χ3n) is 3.27. The fourth-order valence-corrected chi connectivity index (χ4v) is 2.65. The molecular formula is C18H20ClN3O3S. The van der Waals surface area contributed by atoms with Gasteiger partial charge >= 0.3 is 0 Å². The Morgan fingerprint density at radius 3 is 2.65 bits per heavy atom. The molecule has 2 aromatic rings. The van der Waals surface area contributed by atoms with Crippen molar-refractivity contribution in [1.29, 1.82) is 0 Å². The summed E-state index contributed by atoms with van der Waals surface area (Å²) in [5.41, 5.74) is 4.24. The van der Waals surface area contributed by atoms with Gasteiger partial charge in [-0.05, 0) is 49.0 Å². The molecule has 0 fully saturated rings. The third kappa shape index (κ3) is 5.24. The second kappa shape index (κ2) is 9.84. The molecule has 0 radical (unpaired) electrons. The molecule has 26 heavy (non-hydrogen) atoms. The van der Waals surface area contributed by atoms with E-state index in [0.29, 0.717) is 34.0 Å². The number of thiocarbonyl (C=S) groups is 1. The van der Waals surface area contributed by atoms with Crippen molar-refractivity contribution in [2.45, 2.75) is 6.92 Å². The number of hydrogen-bond acceptors (Lipinski definition) is 5. The Kier molecular flexibility index (Phi) is 7.50. The van der Waals surface area contributed by atoms with Crippen LogP contribution in [0.3, 0.4) is 0 Å². The van der Waals surface area contributed by atoms with Crippen LogP contribution in [0.1, 0.15) is 12.5 Å². The van der Waals surface area contributed by atoms with E-state index in [1.807, 2.05) is 31.2 Å². The normalized spacial score (nSPS) is 10.5. The Morgan fingerprint density at radius 1 is 1.19 bits per heavy atom. The van der Waals surface area contributed by atoms with E-state index >= 15 is 0 Å². The molecule has 0 aliphatic heterocycles. The first-order chi connectivity index (χ1) is 12.6. The van der Waals surface area contributed by atoms with Gasteiger partial charge in [-0.1, -0.05) is 23.7 Å². The molecule has 0 unspecified atom stereocenters. The Labute approximate surface area is 163 Å². The first kappa shape index (κ1) is 19.8. The largest absolute Gasteiger partial charge is 0.495 e. The summed E-state index contributed by atoms with van der Waals surface area (Å²) in [6.45, 7) is 2.38. The summed E-state index contributed by atoms with van der Waals surface area (Å²) in [5, 5.41) is 7.90. The fourth-order valence-electron chi connectivity index (χ4n) is 2.19. The van der Waals surface area contributed by atoms with Crippen LogP contribution in [0.2, 0.25) is 5.02 Å². The smallest absolute Gasteiger partial charge is 0.191 e. The van der Waals surface area contributed by atoms with Gasteiger partial charge in [0.05, 0.1) is 37.8 Å². The number of rotatable bonds is 7. The minimum absolute atomic E-state index is 0.329. The van der Waals surface area contributed by atoms with Crippen LogP contribution in [0, 0.1) is 0 Å². The van der Waals surface area contributed by atoms with Crippen LogP contribution in [-0.2, 0) is 0 Å². The minimum atomic E-state index is 0.329. The molecule has 0 aliphatic carbocycles. The molecule has 0 aromatic heterocycles. The van der Waals surface area contributed by atoms with E-state index in [1.54, 1.807) is 32.6 Å². The number of methoxy groups -OCH3 is 2. The lowest BCUT2D eigenvalue weighted by atomic mass is 10.2. The average Bonchev–Trinajstić information content (AvgIpc) is 2.62. The SMILES string of the molecule is CCOc1cc(/C=N\NC(=S)Nc2ccccc2OC)cc(Cl)c1OC. The molecule has 0 heterocycles. The summed E-state index contributed by atoms with van der Waals surface area (Å²) in [6.07, 6.45) is 1.59. The lowest BCUT2D eigenvalue weighted by Gasteiger charge is -2.12.